The lowest BCUT2D eigenvalue weighted by atomic mass is 9.72. The Balaban J connectivity index is 1.54. The predicted octanol–water partition coefficient (Wildman–Crippen LogP) is 2.75. The van der Waals surface area contributed by atoms with Gasteiger partial charge in [-0.2, -0.15) is 0 Å². The fourth-order valence-corrected chi connectivity index (χ4v) is 4.15. The second-order valence-corrected chi connectivity index (χ2v) is 6.79. The molecule has 2 aliphatic heterocycles. The van der Waals surface area contributed by atoms with Crippen LogP contribution in [0.5, 0.6) is 0 Å². The zero-order valence-electron chi connectivity index (χ0n) is 13.0. The maximum absolute atomic E-state index is 11.7. The number of likely N-dealkylation sites (tertiary alicyclic amines) is 1. The van der Waals surface area contributed by atoms with Crippen LogP contribution in [0.15, 0.2) is 34.7 Å². The van der Waals surface area contributed by atoms with E-state index in [0.29, 0.717) is 26.3 Å². The maximum atomic E-state index is 11.7. The fourth-order valence-electron chi connectivity index (χ4n) is 4.15. The van der Waals surface area contributed by atoms with Crippen LogP contribution in [0.4, 0.5) is 0 Å². The van der Waals surface area contributed by atoms with Crippen LogP contribution >= 0.6 is 0 Å². The summed E-state index contributed by atoms with van der Waals surface area (Å²) in [6.45, 7) is 3.41. The molecule has 1 aromatic heterocycles. The van der Waals surface area contributed by atoms with Crippen LogP contribution in [0, 0.1) is 11.3 Å². The molecular weight excluding hydrogens is 294 g/mol. The molecule has 0 radical (unpaired) electrons. The van der Waals surface area contributed by atoms with Gasteiger partial charge in [-0.1, -0.05) is 18.2 Å². The minimum absolute atomic E-state index is 0.143. The summed E-state index contributed by atoms with van der Waals surface area (Å²) in [5.41, 5.74) is 0.744. The van der Waals surface area contributed by atoms with Gasteiger partial charge in [0.25, 0.3) is 0 Å². The molecule has 2 aliphatic rings. The van der Waals surface area contributed by atoms with E-state index in [2.05, 4.69) is 11.0 Å². The fraction of sp³-hybridized carbons (Fsp3) is 0.500. The van der Waals surface area contributed by atoms with Gasteiger partial charge in [-0.05, 0) is 25.0 Å². The summed E-state index contributed by atoms with van der Waals surface area (Å²) in [4.78, 5) is 13.9. The molecule has 5 heteroatoms. The van der Waals surface area contributed by atoms with Crippen LogP contribution in [0.3, 0.4) is 0 Å². The smallest absolute Gasteiger partial charge is 0.308 e. The summed E-state index contributed by atoms with van der Waals surface area (Å²) >= 11 is 0. The van der Waals surface area contributed by atoms with Crippen molar-refractivity contribution < 1.29 is 19.1 Å². The Labute approximate surface area is 134 Å². The van der Waals surface area contributed by atoms with E-state index in [1.165, 1.54) is 0 Å². The van der Waals surface area contributed by atoms with Gasteiger partial charge in [-0.3, -0.25) is 9.69 Å². The number of aliphatic carboxylic acids is 1. The monoisotopic (exact) mass is 315 g/mol. The molecule has 3 heterocycles. The summed E-state index contributed by atoms with van der Waals surface area (Å²) < 4.78 is 11.3. The molecule has 1 unspecified atom stereocenters. The molecule has 1 N–H and O–H groups in total. The Bertz CT molecular complexity index is 684. The molecule has 0 amide bonds. The van der Waals surface area contributed by atoms with Crippen LogP contribution in [0.2, 0.25) is 0 Å². The first kappa shape index (κ1) is 14.7. The van der Waals surface area contributed by atoms with E-state index in [1.54, 1.807) is 0 Å². The number of hydrogen-bond donors (Lipinski definition) is 1. The van der Waals surface area contributed by atoms with Crippen molar-refractivity contribution in [1.29, 1.82) is 0 Å². The highest BCUT2D eigenvalue weighted by atomic mass is 16.5. The van der Waals surface area contributed by atoms with Crippen molar-refractivity contribution in [2.75, 3.05) is 26.3 Å². The van der Waals surface area contributed by atoms with E-state index in [-0.39, 0.29) is 11.3 Å². The number of fused-ring (bicyclic) bond motifs is 1. The second-order valence-electron chi connectivity index (χ2n) is 6.79. The molecule has 0 saturated carbocycles. The third-order valence-electron chi connectivity index (χ3n) is 5.36. The van der Waals surface area contributed by atoms with E-state index < -0.39 is 5.97 Å². The van der Waals surface area contributed by atoms with Crippen LogP contribution in [-0.2, 0) is 16.1 Å². The third kappa shape index (κ3) is 2.64. The van der Waals surface area contributed by atoms with Crippen LogP contribution in [0.1, 0.15) is 18.6 Å². The summed E-state index contributed by atoms with van der Waals surface area (Å²) in [6, 6.07) is 10.0. The van der Waals surface area contributed by atoms with E-state index in [0.717, 1.165) is 36.1 Å². The SMILES string of the molecule is O=C(O)C1CN(Cc2cc3ccccc3o2)CC12CCOCC2. The second kappa shape index (κ2) is 5.65. The predicted molar refractivity (Wildman–Crippen MR) is 85.1 cm³/mol. The van der Waals surface area contributed by atoms with Crippen molar-refractivity contribution in [1.82, 2.24) is 4.90 Å². The maximum Gasteiger partial charge on any atom is 0.308 e. The molecule has 2 aromatic rings. The average Bonchev–Trinajstić information content (AvgIpc) is 3.09. The summed E-state index contributed by atoms with van der Waals surface area (Å²) in [7, 11) is 0. The normalized spacial score (nSPS) is 24.4. The number of carboxylic acids is 1. The molecule has 1 aromatic carbocycles. The first-order chi connectivity index (χ1) is 11.2. The van der Waals surface area contributed by atoms with Gasteiger partial charge in [0.05, 0.1) is 12.5 Å². The first-order valence-corrected chi connectivity index (χ1v) is 8.17. The highest BCUT2D eigenvalue weighted by molar-refractivity contribution is 5.77. The lowest BCUT2D eigenvalue weighted by molar-refractivity contribution is -0.147. The Hall–Kier alpha value is -1.85. The first-order valence-electron chi connectivity index (χ1n) is 8.17. The zero-order valence-corrected chi connectivity index (χ0v) is 13.0. The van der Waals surface area contributed by atoms with Gasteiger partial charge in [0.15, 0.2) is 0 Å². The quantitative estimate of drug-likeness (QED) is 0.943. The van der Waals surface area contributed by atoms with Gasteiger partial charge >= 0.3 is 5.97 Å². The Morgan fingerprint density at radius 1 is 1.30 bits per heavy atom. The molecule has 2 fully saturated rings. The highest BCUT2D eigenvalue weighted by Gasteiger charge is 2.50. The molecule has 0 bridgehead atoms. The molecular formula is C18H21NO4. The molecule has 0 aliphatic carbocycles. The van der Waals surface area contributed by atoms with Crippen molar-refractivity contribution in [3.8, 4) is 0 Å². The van der Waals surface area contributed by atoms with Crippen LogP contribution in [0.25, 0.3) is 11.0 Å². The molecule has 122 valence electrons. The molecule has 4 rings (SSSR count). The summed E-state index contributed by atoms with van der Waals surface area (Å²) in [6.07, 6.45) is 1.67. The molecule has 2 saturated heterocycles. The lowest BCUT2D eigenvalue weighted by Crippen LogP contribution is -2.40. The number of carbonyl (C=O) groups is 1. The molecule has 1 spiro atoms. The van der Waals surface area contributed by atoms with Gasteiger partial charge in [0.1, 0.15) is 11.3 Å². The van der Waals surface area contributed by atoms with Gasteiger partial charge in [-0.25, -0.2) is 0 Å². The number of hydrogen-bond acceptors (Lipinski definition) is 4. The number of ether oxygens (including phenoxy) is 1. The van der Waals surface area contributed by atoms with Crippen molar-refractivity contribution >= 4 is 16.9 Å². The Morgan fingerprint density at radius 3 is 2.83 bits per heavy atom. The van der Waals surface area contributed by atoms with Crippen LogP contribution < -0.4 is 0 Å². The molecule has 23 heavy (non-hydrogen) atoms. The van der Waals surface area contributed by atoms with E-state index in [1.807, 2.05) is 24.3 Å². The van der Waals surface area contributed by atoms with Gasteiger partial charge in [0.2, 0.25) is 0 Å². The largest absolute Gasteiger partial charge is 0.481 e. The lowest BCUT2D eigenvalue weighted by Gasteiger charge is -2.36. The minimum atomic E-state index is -0.681. The van der Waals surface area contributed by atoms with Crippen molar-refractivity contribution in [3.63, 3.8) is 0 Å². The number of nitrogens with zero attached hydrogens (tertiary/aromatic N) is 1. The van der Waals surface area contributed by atoms with Gasteiger partial charge < -0.3 is 14.3 Å². The number of furan rings is 1. The molecule has 1 atom stereocenters. The van der Waals surface area contributed by atoms with E-state index >= 15 is 0 Å². The zero-order chi connectivity index (χ0) is 15.9. The number of rotatable bonds is 3. The highest BCUT2D eigenvalue weighted by Crippen LogP contribution is 2.44. The van der Waals surface area contributed by atoms with E-state index in [4.69, 9.17) is 9.15 Å². The van der Waals surface area contributed by atoms with Crippen molar-refractivity contribution in [3.05, 3.63) is 36.1 Å². The van der Waals surface area contributed by atoms with Crippen LogP contribution in [-0.4, -0.2) is 42.3 Å². The van der Waals surface area contributed by atoms with Crippen molar-refractivity contribution in [2.45, 2.75) is 19.4 Å². The number of carboxylic acid groups (broad SMARTS) is 1. The summed E-state index contributed by atoms with van der Waals surface area (Å²) in [5.74, 6) is -0.0887. The standard InChI is InChI=1S/C18H21NO4/c20-17(21)15-11-19(12-18(15)5-7-22-8-6-18)10-14-9-13-3-1-2-4-16(13)23-14/h1-4,9,15H,5-8,10-12H2,(H,20,21). The third-order valence-corrected chi connectivity index (χ3v) is 5.36. The average molecular weight is 315 g/mol. The number of para-hydroxylation sites is 1. The van der Waals surface area contributed by atoms with Gasteiger partial charge in [0, 0.05) is 37.1 Å². The molecule has 5 nitrogen and oxygen atoms in total. The van der Waals surface area contributed by atoms with Crippen molar-refractivity contribution in [2.24, 2.45) is 11.3 Å². The topological polar surface area (TPSA) is 62.9 Å². The van der Waals surface area contributed by atoms with Gasteiger partial charge in [-0.15, -0.1) is 0 Å². The summed E-state index contributed by atoms with van der Waals surface area (Å²) in [5, 5.41) is 10.7. The minimum Gasteiger partial charge on any atom is -0.481 e. The Morgan fingerprint density at radius 2 is 2.09 bits per heavy atom. The number of benzene rings is 1. The van der Waals surface area contributed by atoms with E-state index in [9.17, 15) is 9.90 Å². The Kier molecular flexibility index (Phi) is 3.62.